The predicted molar refractivity (Wildman–Crippen MR) is 85.2 cm³/mol. The van der Waals surface area contributed by atoms with E-state index in [1.807, 2.05) is 44.2 Å². The molecule has 0 spiro atoms. The molecule has 1 aromatic heterocycles. The first-order chi connectivity index (χ1) is 10.1. The van der Waals surface area contributed by atoms with Crippen LogP contribution in [0.4, 0.5) is 0 Å². The largest absolute Gasteiger partial charge is 0.458 e. The van der Waals surface area contributed by atoms with Crippen LogP contribution in [0, 0.1) is 6.92 Å². The van der Waals surface area contributed by atoms with E-state index in [-0.39, 0.29) is 6.61 Å². The fourth-order valence-electron chi connectivity index (χ4n) is 1.84. The van der Waals surface area contributed by atoms with Gasteiger partial charge in [0.2, 0.25) is 0 Å². The number of nitrogens with zero attached hydrogens (tertiary/aromatic N) is 1. The lowest BCUT2D eigenvalue weighted by Gasteiger charge is -2.07. The Labute approximate surface area is 128 Å². The SMILES string of the molecule is CC=CC=CC(=O)OCc1cc2ccc(C)cc2nc1Cl. The summed E-state index contributed by atoms with van der Waals surface area (Å²) in [7, 11) is 0. The van der Waals surface area contributed by atoms with Crippen LogP contribution in [0.1, 0.15) is 18.1 Å². The van der Waals surface area contributed by atoms with Crippen molar-refractivity contribution in [3.05, 3.63) is 64.8 Å². The van der Waals surface area contributed by atoms with E-state index in [9.17, 15) is 4.79 Å². The third kappa shape index (κ3) is 4.17. The van der Waals surface area contributed by atoms with E-state index in [1.165, 1.54) is 6.08 Å². The van der Waals surface area contributed by atoms with Crippen molar-refractivity contribution in [1.82, 2.24) is 4.98 Å². The first-order valence-corrected chi connectivity index (χ1v) is 7.00. The van der Waals surface area contributed by atoms with Gasteiger partial charge in [0.25, 0.3) is 0 Å². The molecule has 0 aliphatic rings. The summed E-state index contributed by atoms with van der Waals surface area (Å²) in [5.41, 5.74) is 2.66. The minimum atomic E-state index is -0.409. The number of benzene rings is 1. The van der Waals surface area contributed by atoms with Gasteiger partial charge in [0.15, 0.2) is 0 Å². The average Bonchev–Trinajstić information content (AvgIpc) is 2.45. The van der Waals surface area contributed by atoms with Gasteiger partial charge in [-0.2, -0.15) is 0 Å². The Morgan fingerprint density at radius 3 is 2.90 bits per heavy atom. The number of hydrogen-bond acceptors (Lipinski definition) is 3. The standard InChI is InChI=1S/C17H16ClNO2/c1-3-4-5-6-16(20)21-11-14-10-13-8-7-12(2)9-15(13)19-17(14)18/h3-10H,11H2,1-2H3. The zero-order valence-corrected chi connectivity index (χ0v) is 12.7. The van der Waals surface area contributed by atoms with E-state index in [4.69, 9.17) is 16.3 Å². The number of pyridine rings is 1. The molecule has 2 aromatic rings. The Kier molecular flexibility index (Phi) is 5.12. The molecule has 0 saturated carbocycles. The number of rotatable bonds is 4. The second-order valence-electron chi connectivity index (χ2n) is 4.63. The summed E-state index contributed by atoms with van der Waals surface area (Å²) in [5, 5.41) is 1.33. The van der Waals surface area contributed by atoms with Crippen molar-refractivity contribution in [2.24, 2.45) is 0 Å². The van der Waals surface area contributed by atoms with Gasteiger partial charge >= 0.3 is 5.97 Å². The molecular formula is C17H16ClNO2. The van der Waals surface area contributed by atoms with Crippen LogP contribution in [0.5, 0.6) is 0 Å². The number of hydrogen-bond donors (Lipinski definition) is 0. The molecule has 108 valence electrons. The molecule has 0 aliphatic carbocycles. The fourth-order valence-corrected chi connectivity index (χ4v) is 2.04. The van der Waals surface area contributed by atoms with E-state index in [0.717, 1.165) is 16.5 Å². The van der Waals surface area contributed by atoms with Crippen molar-refractivity contribution in [3.63, 3.8) is 0 Å². The Hall–Kier alpha value is -2.13. The number of carbonyl (C=O) groups excluding carboxylic acids is 1. The summed E-state index contributed by atoms with van der Waals surface area (Å²) in [6.07, 6.45) is 6.58. The number of carbonyl (C=O) groups is 1. The molecule has 0 unspecified atom stereocenters. The molecular weight excluding hydrogens is 286 g/mol. The maximum absolute atomic E-state index is 11.5. The molecule has 0 radical (unpaired) electrons. The molecule has 2 rings (SSSR count). The smallest absolute Gasteiger partial charge is 0.331 e. The number of allylic oxidation sites excluding steroid dienone is 3. The Balaban J connectivity index is 2.13. The van der Waals surface area contributed by atoms with Crippen LogP contribution in [-0.2, 0) is 16.1 Å². The molecule has 0 amide bonds. The lowest BCUT2D eigenvalue weighted by molar-refractivity contribution is -0.139. The molecule has 3 nitrogen and oxygen atoms in total. The van der Waals surface area contributed by atoms with E-state index >= 15 is 0 Å². The van der Waals surface area contributed by atoms with Crippen molar-refractivity contribution in [2.45, 2.75) is 20.5 Å². The first-order valence-electron chi connectivity index (χ1n) is 6.62. The molecule has 21 heavy (non-hydrogen) atoms. The van der Waals surface area contributed by atoms with Crippen molar-refractivity contribution in [3.8, 4) is 0 Å². The van der Waals surface area contributed by atoms with Crippen LogP contribution in [-0.4, -0.2) is 11.0 Å². The minimum Gasteiger partial charge on any atom is -0.458 e. The second kappa shape index (κ2) is 7.04. The van der Waals surface area contributed by atoms with Crippen LogP contribution in [0.3, 0.4) is 0 Å². The number of aryl methyl sites for hydroxylation is 1. The van der Waals surface area contributed by atoms with E-state index in [2.05, 4.69) is 4.98 Å². The van der Waals surface area contributed by atoms with Crippen LogP contribution >= 0.6 is 11.6 Å². The monoisotopic (exact) mass is 301 g/mol. The van der Waals surface area contributed by atoms with Crippen LogP contribution in [0.15, 0.2) is 48.6 Å². The highest BCUT2D eigenvalue weighted by Gasteiger charge is 2.07. The maximum Gasteiger partial charge on any atom is 0.331 e. The van der Waals surface area contributed by atoms with E-state index in [0.29, 0.717) is 10.7 Å². The number of esters is 1. The highest BCUT2D eigenvalue weighted by Crippen LogP contribution is 2.22. The normalized spacial score (nSPS) is 11.6. The summed E-state index contributed by atoms with van der Waals surface area (Å²) in [4.78, 5) is 15.8. The molecule has 0 N–H and O–H groups in total. The highest BCUT2D eigenvalue weighted by molar-refractivity contribution is 6.30. The summed E-state index contributed by atoms with van der Waals surface area (Å²) in [6, 6.07) is 7.85. The van der Waals surface area contributed by atoms with Gasteiger partial charge in [0.1, 0.15) is 11.8 Å². The summed E-state index contributed by atoms with van der Waals surface area (Å²) in [6.45, 7) is 3.98. The van der Waals surface area contributed by atoms with Crippen molar-refractivity contribution >= 4 is 28.5 Å². The van der Waals surface area contributed by atoms with Crippen LogP contribution in [0.2, 0.25) is 5.15 Å². The van der Waals surface area contributed by atoms with Crippen LogP contribution in [0.25, 0.3) is 10.9 Å². The minimum absolute atomic E-state index is 0.106. The molecule has 1 heterocycles. The molecule has 0 saturated heterocycles. The molecule has 4 heteroatoms. The van der Waals surface area contributed by atoms with Gasteiger partial charge < -0.3 is 4.74 Å². The number of halogens is 1. The van der Waals surface area contributed by atoms with Gasteiger partial charge in [-0.05, 0) is 31.5 Å². The summed E-state index contributed by atoms with van der Waals surface area (Å²) in [5.74, 6) is -0.409. The average molecular weight is 302 g/mol. The Morgan fingerprint density at radius 1 is 1.33 bits per heavy atom. The maximum atomic E-state index is 11.5. The van der Waals surface area contributed by atoms with Gasteiger partial charge in [-0.1, -0.05) is 42.0 Å². The lowest BCUT2D eigenvalue weighted by atomic mass is 10.1. The first kappa shape index (κ1) is 15.3. The zero-order chi connectivity index (χ0) is 15.2. The van der Waals surface area contributed by atoms with Crippen LogP contribution < -0.4 is 0 Å². The number of fused-ring (bicyclic) bond motifs is 1. The third-order valence-electron chi connectivity index (χ3n) is 2.91. The predicted octanol–water partition coefficient (Wildman–Crippen LogP) is 4.37. The lowest BCUT2D eigenvalue weighted by Crippen LogP contribution is -2.02. The van der Waals surface area contributed by atoms with Crippen molar-refractivity contribution in [2.75, 3.05) is 0 Å². The van der Waals surface area contributed by atoms with Gasteiger partial charge in [0, 0.05) is 17.0 Å². The molecule has 0 bridgehead atoms. The molecule has 0 aliphatic heterocycles. The Morgan fingerprint density at radius 2 is 2.14 bits per heavy atom. The van der Waals surface area contributed by atoms with E-state index < -0.39 is 5.97 Å². The third-order valence-corrected chi connectivity index (χ3v) is 3.23. The van der Waals surface area contributed by atoms with Crippen molar-refractivity contribution < 1.29 is 9.53 Å². The molecule has 1 aromatic carbocycles. The van der Waals surface area contributed by atoms with E-state index in [1.54, 1.807) is 12.2 Å². The number of aromatic nitrogens is 1. The van der Waals surface area contributed by atoms with Gasteiger partial charge in [-0.25, -0.2) is 9.78 Å². The fraction of sp³-hybridized carbons (Fsp3) is 0.176. The molecule has 0 fully saturated rings. The van der Waals surface area contributed by atoms with Gasteiger partial charge in [0.05, 0.1) is 5.52 Å². The van der Waals surface area contributed by atoms with Gasteiger partial charge in [-0.15, -0.1) is 0 Å². The quantitative estimate of drug-likeness (QED) is 0.364. The summed E-state index contributed by atoms with van der Waals surface area (Å²) < 4.78 is 5.14. The van der Waals surface area contributed by atoms with Gasteiger partial charge in [-0.3, -0.25) is 0 Å². The van der Waals surface area contributed by atoms with Crippen molar-refractivity contribution in [1.29, 1.82) is 0 Å². The highest BCUT2D eigenvalue weighted by atomic mass is 35.5. The topological polar surface area (TPSA) is 39.2 Å². The molecule has 0 atom stereocenters. The summed E-state index contributed by atoms with van der Waals surface area (Å²) >= 11 is 6.13. The Bertz CT molecular complexity index is 720. The zero-order valence-electron chi connectivity index (χ0n) is 12.0. The number of ether oxygens (including phenoxy) is 1. The second-order valence-corrected chi connectivity index (χ2v) is 4.99.